The molecule has 8 heteroatoms. The van der Waals surface area contributed by atoms with Gasteiger partial charge in [-0.05, 0) is 6.07 Å². The predicted octanol–water partition coefficient (Wildman–Crippen LogP) is -0.590. The summed E-state index contributed by atoms with van der Waals surface area (Å²) >= 11 is 0. The third-order valence-corrected chi connectivity index (χ3v) is 4.10. The molecule has 0 bridgehead atoms. The van der Waals surface area contributed by atoms with Crippen molar-refractivity contribution in [1.29, 1.82) is 0 Å². The number of hydrogen-bond acceptors (Lipinski definition) is 6. The van der Waals surface area contributed by atoms with Crippen LogP contribution in [0.3, 0.4) is 0 Å². The number of aromatic carboxylic acids is 1. The highest BCUT2D eigenvalue weighted by Crippen LogP contribution is 2.12. The van der Waals surface area contributed by atoms with Gasteiger partial charge in [-0.3, -0.25) is 0 Å². The Morgan fingerprint density at radius 2 is 2.00 bits per heavy atom. The quantitative estimate of drug-likeness (QED) is 0.755. The minimum Gasteiger partial charge on any atom is -0.477 e. The van der Waals surface area contributed by atoms with E-state index in [4.69, 9.17) is 5.11 Å². The van der Waals surface area contributed by atoms with Gasteiger partial charge in [-0.1, -0.05) is 0 Å². The van der Waals surface area contributed by atoms with Crippen LogP contribution >= 0.6 is 0 Å². The number of anilines is 1. The fourth-order valence-electron chi connectivity index (χ4n) is 1.53. The molecule has 2 rings (SSSR count). The molecule has 0 radical (unpaired) electrons. The lowest BCUT2D eigenvalue weighted by molar-refractivity contribution is 0.0690. The number of aromatic nitrogens is 2. The van der Waals surface area contributed by atoms with Crippen molar-refractivity contribution in [3.05, 3.63) is 18.0 Å². The molecule has 7 nitrogen and oxygen atoms in total. The minimum atomic E-state index is -2.96. The third kappa shape index (κ3) is 2.70. The molecular formula is C9H11N3O4S. The molecule has 17 heavy (non-hydrogen) atoms. The van der Waals surface area contributed by atoms with E-state index < -0.39 is 15.8 Å². The molecule has 1 aliphatic rings. The van der Waals surface area contributed by atoms with Crippen LogP contribution < -0.4 is 4.90 Å². The highest BCUT2D eigenvalue weighted by molar-refractivity contribution is 7.91. The summed E-state index contributed by atoms with van der Waals surface area (Å²) in [6.45, 7) is 0.594. The van der Waals surface area contributed by atoms with E-state index in [0.717, 1.165) is 0 Å². The van der Waals surface area contributed by atoms with Crippen molar-refractivity contribution < 1.29 is 18.3 Å². The predicted molar refractivity (Wildman–Crippen MR) is 59.9 cm³/mol. The van der Waals surface area contributed by atoms with Crippen LogP contribution in [0.25, 0.3) is 0 Å². The van der Waals surface area contributed by atoms with Crippen molar-refractivity contribution in [2.24, 2.45) is 0 Å². The van der Waals surface area contributed by atoms with Crippen molar-refractivity contribution in [1.82, 2.24) is 9.97 Å². The van der Waals surface area contributed by atoms with Gasteiger partial charge in [0.25, 0.3) is 0 Å². The SMILES string of the molecule is O=C(O)c1ccnc(N2CCS(=O)(=O)CC2)n1. The summed E-state index contributed by atoms with van der Waals surface area (Å²) in [5, 5.41) is 8.79. The monoisotopic (exact) mass is 257 g/mol. The highest BCUT2D eigenvalue weighted by atomic mass is 32.2. The van der Waals surface area contributed by atoms with Crippen molar-refractivity contribution in [2.45, 2.75) is 0 Å². The second-order valence-electron chi connectivity index (χ2n) is 3.69. The topological polar surface area (TPSA) is 100 Å². The Bertz CT molecular complexity index is 529. The molecule has 0 unspecified atom stereocenters. The van der Waals surface area contributed by atoms with E-state index in [2.05, 4.69) is 9.97 Å². The Kier molecular flexibility index (Phi) is 2.97. The van der Waals surface area contributed by atoms with Gasteiger partial charge < -0.3 is 10.0 Å². The van der Waals surface area contributed by atoms with Crippen molar-refractivity contribution in [2.75, 3.05) is 29.5 Å². The number of carboxylic acids is 1. The van der Waals surface area contributed by atoms with Gasteiger partial charge in [0, 0.05) is 19.3 Å². The lowest BCUT2D eigenvalue weighted by Gasteiger charge is -2.26. The van der Waals surface area contributed by atoms with Crippen LogP contribution in [-0.2, 0) is 9.84 Å². The van der Waals surface area contributed by atoms with E-state index >= 15 is 0 Å². The molecule has 0 aromatic carbocycles. The summed E-state index contributed by atoms with van der Waals surface area (Å²) in [5.41, 5.74) is -0.0940. The summed E-state index contributed by atoms with van der Waals surface area (Å²) < 4.78 is 22.5. The molecule has 1 fully saturated rings. The lowest BCUT2D eigenvalue weighted by Crippen LogP contribution is -2.41. The summed E-state index contributed by atoms with van der Waals surface area (Å²) in [6.07, 6.45) is 1.36. The first kappa shape index (κ1) is 11.8. The second-order valence-corrected chi connectivity index (χ2v) is 5.99. The maximum atomic E-state index is 11.2. The zero-order valence-electron chi connectivity index (χ0n) is 8.90. The average molecular weight is 257 g/mol. The normalized spacial score (nSPS) is 18.9. The molecule has 0 aliphatic carbocycles. The van der Waals surface area contributed by atoms with Crippen molar-refractivity contribution in [3.8, 4) is 0 Å². The van der Waals surface area contributed by atoms with E-state index in [0.29, 0.717) is 13.1 Å². The van der Waals surface area contributed by atoms with Crippen LogP contribution in [0.1, 0.15) is 10.5 Å². The van der Waals surface area contributed by atoms with E-state index in [1.54, 1.807) is 4.90 Å². The highest BCUT2D eigenvalue weighted by Gasteiger charge is 2.23. The number of hydrogen-bond donors (Lipinski definition) is 1. The van der Waals surface area contributed by atoms with Crippen LogP contribution in [0.5, 0.6) is 0 Å². The maximum Gasteiger partial charge on any atom is 0.354 e. The Morgan fingerprint density at radius 1 is 1.35 bits per heavy atom. The van der Waals surface area contributed by atoms with Crippen LogP contribution in [0.4, 0.5) is 5.95 Å². The molecule has 1 aliphatic heterocycles. The first-order chi connectivity index (χ1) is 7.98. The number of nitrogens with zero attached hydrogens (tertiary/aromatic N) is 3. The van der Waals surface area contributed by atoms with Crippen molar-refractivity contribution >= 4 is 21.8 Å². The molecule has 0 spiro atoms. The Hall–Kier alpha value is -1.70. The van der Waals surface area contributed by atoms with Crippen LogP contribution in [0.2, 0.25) is 0 Å². The molecule has 1 N–H and O–H groups in total. The maximum absolute atomic E-state index is 11.2. The Balaban J connectivity index is 2.18. The zero-order chi connectivity index (χ0) is 12.5. The van der Waals surface area contributed by atoms with Gasteiger partial charge in [0.1, 0.15) is 0 Å². The van der Waals surface area contributed by atoms with Gasteiger partial charge in [-0.2, -0.15) is 0 Å². The van der Waals surface area contributed by atoms with Crippen LogP contribution in [0.15, 0.2) is 12.3 Å². The second kappa shape index (κ2) is 4.28. The summed E-state index contributed by atoms with van der Waals surface area (Å²) in [4.78, 5) is 20.2. The Morgan fingerprint density at radius 3 is 2.59 bits per heavy atom. The lowest BCUT2D eigenvalue weighted by atomic mass is 10.4. The summed E-state index contributed by atoms with van der Waals surface area (Å²) in [7, 11) is -2.96. The fourth-order valence-corrected chi connectivity index (χ4v) is 2.73. The van der Waals surface area contributed by atoms with Gasteiger partial charge in [0.15, 0.2) is 15.5 Å². The average Bonchev–Trinajstić information content (AvgIpc) is 2.29. The molecule has 92 valence electrons. The number of rotatable bonds is 2. The van der Waals surface area contributed by atoms with Crippen molar-refractivity contribution in [3.63, 3.8) is 0 Å². The van der Waals surface area contributed by atoms with Gasteiger partial charge in [-0.15, -0.1) is 0 Å². The molecule has 1 aromatic rings. The number of carboxylic acid groups (broad SMARTS) is 1. The first-order valence-corrected chi connectivity index (χ1v) is 6.82. The smallest absolute Gasteiger partial charge is 0.354 e. The standard InChI is InChI=1S/C9H11N3O4S/c13-8(14)7-1-2-10-9(11-7)12-3-5-17(15,16)6-4-12/h1-2H,3-6H2,(H,13,14). The van der Waals surface area contributed by atoms with E-state index in [-0.39, 0.29) is 23.1 Å². The van der Waals surface area contributed by atoms with E-state index in [9.17, 15) is 13.2 Å². The van der Waals surface area contributed by atoms with Gasteiger partial charge in [0.2, 0.25) is 5.95 Å². The minimum absolute atomic E-state index is 0.0493. The largest absolute Gasteiger partial charge is 0.477 e. The summed E-state index contributed by atoms with van der Waals surface area (Å²) in [6, 6.07) is 1.30. The molecule has 1 aromatic heterocycles. The van der Waals surface area contributed by atoms with Crippen LogP contribution in [0, 0.1) is 0 Å². The molecular weight excluding hydrogens is 246 g/mol. The number of carbonyl (C=O) groups is 1. The molecule has 0 atom stereocenters. The van der Waals surface area contributed by atoms with E-state index in [1.807, 2.05) is 0 Å². The first-order valence-electron chi connectivity index (χ1n) is 5.00. The summed E-state index contributed by atoms with van der Waals surface area (Å²) in [5.74, 6) is -0.764. The molecule has 2 heterocycles. The third-order valence-electron chi connectivity index (χ3n) is 2.49. The zero-order valence-corrected chi connectivity index (χ0v) is 9.72. The molecule has 0 saturated carbocycles. The number of sulfone groups is 1. The molecule has 0 amide bonds. The molecule has 1 saturated heterocycles. The van der Waals surface area contributed by atoms with Crippen LogP contribution in [-0.4, -0.2) is 54.1 Å². The van der Waals surface area contributed by atoms with Gasteiger partial charge in [-0.25, -0.2) is 23.2 Å². The van der Waals surface area contributed by atoms with Gasteiger partial charge >= 0.3 is 5.97 Å². The van der Waals surface area contributed by atoms with Gasteiger partial charge in [0.05, 0.1) is 11.5 Å². The van der Waals surface area contributed by atoms with E-state index in [1.165, 1.54) is 12.3 Å². The Labute approximate surface area is 98.0 Å². The fraction of sp³-hybridized carbons (Fsp3) is 0.444.